The van der Waals surface area contributed by atoms with Crippen LogP contribution in [0.5, 0.6) is 0 Å². The first kappa shape index (κ1) is 11.7. The summed E-state index contributed by atoms with van der Waals surface area (Å²) in [5, 5.41) is 13.3. The summed E-state index contributed by atoms with van der Waals surface area (Å²) < 4.78 is 0. The van der Waals surface area contributed by atoms with Gasteiger partial charge in [0.1, 0.15) is 0 Å². The van der Waals surface area contributed by atoms with Crippen LogP contribution in [0.2, 0.25) is 0 Å². The number of hydrogen-bond acceptors (Lipinski definition) is 2. The van der Waals surface area contributed by atoms with E-state index in [1.807, 2.05) is 18.2 Å². The van der Waals surface area contributed by atoms with Crippen molar-refractivity contribution in [3.63, 3.8) is 0 Å². The first-order chi connectivity index (χ1) is 7.97. The number of aromatic amines is 1. The number of rotatable bonds is 3. The van der Waals surface area contributed by atoms with E-state index in [0.717, 1.165) is 10.9 Å². The first-order valence-corrected chi connectivity index (χ1v) is 5.54. The number of amides is 1. The molecule has 0 aliphatic rings. The predicted octanol–water partition coefficient (Wildman–Crippen LogP) is 1.67. The van der Waals surface area contributed by atoms with Gasteiger partial charge in [0.25, 0.3) is 5.91 Å². The van der Waals surface area contributed by atoms with Crippen molar-refractivity contribution in [2.45, 2.75) is 19.4 Å². The van der Waals surface area contributed by atoms with Gasteiger partial charge in [-0.3, -0.25) is 4.79 Å². The van der Waals surface area contributed by atoms with Gasteiger partial charge in [0.2, 0.25) is 0 Å². The third kappa shape index (κ3) is 2.65. The number of carbonyl (C=O) groups excluding carboxylic acids is 1. The van der Waals surface area contributed by atoms with Crippen molar-refractivity contribution in [3.05, 3.63) is 36.0 Å². The second kappa shape index (κ2) is 4.22. The SMILES string of the molecule is CC(C)(O)CNC(=O)c1cccc2cc[nH]c12. The molecule has 4 nitrogen and oxygen atoms in total. The van der Waals surface area contributed by atoms with Crippen LogP contribution in [-0.2, 0) is 0 Å². The molecule has 0 radical (unpaired) electrons. The minimum absolute atomic E-state index is 0.180. The van der Waals surface area contributed by atoms with Crippen LogP contribution in [0.25, 0.3) is 10.9 Å². The van der Waals surface area contributed by atoms with E-state index in [4.69, 9.17) is 0 Å². The standard InChI is InChI=1S/C13H16N2O2/c1-13(2,17)8-15-12(16)10-5-3-4-9-6-7-14-11(9)10/h3-7,14,17H,8H2,1-2H3,(H,15,16). The lowest BCUT2D eigenvalue weighted by atomic mass is 10.1. The summed E-state index contributed by atoms with van der Waals surface area (Å²) >= 11 is 0. The van der Waals surface area contributed by atoms with Crippen molar-refractivity contribution in [1.29, 1.82) is 0 Å². The zero-order chi connectivity index (χ0) is 12.5. The molecule has 2 aromatic rings. The molecule has 0 atom stereocenters. The quantitative estimate of drug-likeness (QED) is 0.753. The normalized spacial score (nSPS) is 11.7. The Morgan fingerprint density at radius 1 is 1.41 bits per heavy atom. The van der Waals surface area contributed by atoms with Crippen molar-refractivity contribution in [2.75, 3.05) is 6.54 Å². The fraction of sp³-hybridized carbons (Fsp3) is 0.308. The Hall–Kier alpha value is -1.81. The molecule has 0 aliphatic heterocycles. The van der Waals surface area contributed by atoms with Gasteiger partial charge in [-0.1, -0.05) is 12.1 Å². The number of aliphatic hydroxyl groups is 1. The molecule has 1 heterocycles. The largest absolute Gasteiger partial charge is 0.389 e. The lowest BCUT2D eigenvalue weighted by Crippen LogP contribution is -2.38. The maximum Gasteiger partial charge on any atom is 0.253 e. The summed E-state index contributed by atoms with van der Waals surface area (Å²) in [6.07, 6.45) is 1.80. The van der Waals surface area contributed by atoms with Crippen molar-refractivity contribution in [1.82, 2.24) is 10.3 Å². The van der Waals surface area contributed by atoms with Gasteiger partial charge in [0, 0.05) is 18.1 Å². The maximum absolute atomic E-state index is 12.0. The van der Waals surface area contributed by atoms with Crippen LogP contribution in [-0.4, -0.2) is 28.1 Å². The molecule has 1 aromatic carbocycles. The van der Waals surface area contributed by atoms with Crippen molar-refractivity contribution >= 4 is 16.8 Å². The Kier molecular flexibility index (Phi) is 2.90. The topological polar surface area (TPSA) is 65.1 Å². The van der Waals surface area contributed by atoms with E-state index in [-0.39, 0.29) is 12.5 Å². The lowest BCUT2D eigenvalue weighted by molar-refractivity contribution is 0.0695. The van der Waals surface area contributed by atoms with E-state index >= 15 is 0 Å². The van der Waals surface area contributed by atoms with E-state index < -0.39 is 5.60 Å². The number of benzene rings is 1. The fourth-order valence-corrected chi connectivity index (χ4v) is 1.67. The van der Waals surface area contributed by atoms with Gasteiger partial charge in [0.15, 0.2) is 0 Å². The monoisotopic (exact) mass is 232 g/mol. The average molecular weight is 232 g/mol. The van der Waals surface area contributed by atoms with Crippen LogP contribution in [0.15, 0.2) is 30.5 Å². The van der Waals surface area contributed by atoms with Gasteiger partial charge >= 0.3 is 0 Å². The lowest BCUT2D eigenvalue weighted by Gasteiger charge is -2.17. The van der Waals surface area contributed by atoms with Gasteiger partial charge in [-0.05, 0) is 26.0 Å². The smallest absolute Gasteiger partial charge is 0.253 e. The fourth-order valence-electron chi connectivity index (χ4n) is 1.67. The minimum atomic E-state index is -0.903. The molecule has 0 saturated carbocycles. The van der Waals surface area contributed by atoms with Gasteiger partial charge in [-0.2, -0.15) is 0 Å². The molecule has 90 valence electrons. The molecule has 1 amide bonds. The third-order valence-electron chi connectivity index (χ3n) is 2.51. The Balaban J connectivity index is 2.22. The molecule has 0 aliphatic carbocycles. The molecular formula is C13H16N2O2. The average Bonchev–Trinajstić information content (AvgIpc) is 2.72. The van der Waals surface area contributed by atoms with Crippen LogP contribution in [0, 0.1) is 0 Å². The molecule has 0 bridgehead atoms. The van der Waals surface area contributed by atoms with Crippen LogP contribution >= 0.6 is 0 Å². The summed E-state index contributed by atoms with van der Waals surface area (Å²) in [7, 11) is 0. The molecule has 0 spiro atoms. The highest BCUT2D eigenvalue weighted by atomic mass is 16.3. The second-order valence-electron chi connectivity index (χ2n) is 4.74. The Labute approximate surface area is 99.7 Å². The molecule has 0 saturated heterocycles. The zero-order valence-electron chi connectivity index (χ0n) is 9.95. The maximum atomic E-state index is 12.0. The van der Waals surface area contributed by atoms with E-state index in [2.05, 4.69) is 10.3 Å². The summed E-state index contributed by atoms with van der Waals surface area (Å²) in [4.78, 5) is 15.0. The van der Waals surface area contributed by atoms with E-state index in [0.29, 0.717) is 5.56 Å². The van der Waals surface area contributed by atoms with Crippen molar-refractivity contribution in [2.24, 2.45) is 0 Å². The second-order valence-corrected chi connectivity index (χ2v) is 4.74. The van der Waals surface area contributed by atoms with Crippen molar-refractivity contribution in [3.8, 4) is 0 Å². The Morgan fingerprint density at radius 2 is 2.18 bits per heavy atom. The van der Waals surface area contributed by atoms with Crippen LogP contribution < -0.4 is 5.32 Å². The van der Waals surface area contributed by atoms with E-state index in [1.165, 1.54) is 0 Å². The van der Waals surface area contributed by atoms with E-state index in [1.54, 1.807) is 26.1 Å². The summed E-state index contributed by atoms with van der Waals surface area (Å²) in [5.74, 6) is -0.180. The number of aromatic nitrogens is 1. The number of hydrogen-bond donors (Lipinski definition) is 3. The molecular weight excluding hydrogens is 216 g/mol. The first-order valence-electron chi connectivity index (χ1n) is 5.54. The van der Waals surface area contributed by atoms with Crippen LogP contribution in [0.1, 0.15) is 24.2 Å². The minimum Gasteiger partial charge on any atom is -0.389 e. The highest BCUT2D eigenvalue weighted by Crippen LogP contribution is 2.16. The number of nitrogens with one attached hydrogen (secondary N) is 2. The molecule has 3 N–H and O–H groups in total. The highest BCUT2D eigenvalue weighted by molar-refractivity contribution is 6.05. The Bertz CT molecular complexity index is 538. The van der Waals surface area contributed by atoms with Gasteiger partial charge in [-0.15, -0.1) is 0 Å². The number of carbonyl (C=O) groups is 1. The number of fused-ring (bicyclic) bond motifs is 1. The summed E-state index contributed by atoms with van der Waals surface area (Å²) in [6, 6.07) is 7.47. The number of para-hydroxylation sites is 1. The molecule has 0 fully saturated rings. The van der Waals surface area contributed by atoms with Crippen molar-refractivity contribution < 1.29 is 9.90 Å². The number of H-pyrrole nitrogens is 1. The van der Waals surface area contributed by atoms with Gasteiger partial charge in [-0.25, -0.2) is 0 Å². The van der Waals surface area contributed by atoms with Crippen LogP contribution in [0.4, 0.5) is 0 Å². The molecule has 0 unspecified atom stereocenters. The molecule has 4 heteroatoms. The third-order valence-corrected chi connectivity index (χ3v) is 2.51. The van der Waals surface area contributed by atoms with E-state index in [9.17, 15) is 9.90 Å². The summed E-state index contributed by atoms with van der Waals surface area (Å²) in [6.45, 7) is 3.54. The van der Waals surface area contributed by atoms with Crippen LogP contribution in [0.3, 0.4) is 0 Å². The molecule has 2 rings (SSSR count). The molecule has 1 aromatic heterocycles. The summed E-state index contributed by atoms with van der Waals surface area (Å²) in [5.41, 5.74) is 0.511. The van der Waals surface area contributed by atoms with Gasteiger partial charge < -0.3 is 15.4 Å². The highest BCUT2D eigenvalue weighted by Gasteiger charge is 2.16. The van der Waals surface area contributed by atoms with Gasteiger partial charge in [0.05, 0.1) is 16.7 Å². The zero-order valence-corrected chi connectivity index (χ0v) is 9.95. The Morgan fingerprint density at radius 3 is 2.88 bits per heavy atom. The predicted molar refractivity (Wildman–Crippen MR) is 66.9 cm³/mol. The molecule has 17 heavy (non-hydrogen) atoms.